The van der Waals surface area contributed by atoms with Crippen LogP contribution < -0.4 is 16.0 Å². The molecule has 43 heavy (non-hydrogen) atoms. The number of nitrogens with zero attached hydrogens (tertiary/aromatic N) is 1. The zero-order valence-corrected chi connectivity index (χ0v) is 25.1. The molecule has 0 radical (unpaired) electrons. The number of carbonyl (C=O) groups is 5. The first-order valence-electron chi connectivity index (χ1n) is 14.6. The van der Waals surface area contributed by atoms with Gasteiger partial charge in [0.1, 0.15) is 18.7 Å². The third kappa shape index (κ3) is 9.64. The number of aliphatic hydroxyl groups is 1. The second-order valence-electron chi connectivity index (χ2n) is 11.2. The summed E-state index contributed by atoms with van der Waals surface area (Å²) in [6, 6.07) is 14.5. The van der Waals surface area contributed by atoms with Gasteiger partial charge in [-0.25, -0.2) is 4.79 Å². The highest BCUT2D eigenvalue weighted by atomic mass is 16.5. The van der Waals surface area contributed by atoms with E-state index in [0.717, 1.165) is 11.1 Å². The molecule has 0 aromatic heterocycles. The molecule has 4 amide bonds. The van der Waals surface area contributed by atoms with Crippen LogP contribution in [-0.4, -0.2) is 76.4 Å². The molecule has 1 aliphatic heterocycles. The van der Waals surface area contributed by atoms with Gasteiger partial charge in [0.2, 0.25) is 11.8 Å². The summed E-state index contributed by atoms with van der Waals surface area (Å²) in [6.45, 7) is 6.75. The third-order valence-corrected chi connectivity index (χ3v) is 7.45. The number of rotatable bonds is 13. The van der Waals surface area contributed by atoms with E-state index in [1.807, 2.05) is 48.5 Å². The van der Waals surface area contributed by atoms with Crippen molar-refractivity contribution in [3.05, 3.63) is 71.8 Å². The zero-order chi connectivity index (χ0) is 31.5. The van der Waals surface area contributed by atoms with Crippen LogP contribution in [0.2, 0.25) is 0 Å². The average molecular weight is 595 g/mol. The molecule has 0 unspecified atom stereocenters. The number of hydrogen-bond donors (Lipinski definition) is 4. The van der Waals surface area contributed by atoms with Gasteiger partial charge in [0.15, 0.2) is 11.9 Å². The summed E-state index contributed by atoms with van der Waals surface area (Å²) < 4.78 is 5.18. The van der Waals surface area contributed by atoms with Crippen LogP contribution in [0.5, 0.6) is 0 Å². The van der Waals surface area contributed by atoms with Gasteiger partial charge in [-0.1, -0.05) is 74.5 Å². The van der Waals surface area contributed by atoms with Crippen LogP contribution in [0.3, 0.4) is 0 Å². The minimum atomic E-state index is -1.62. The van der Waals surface area contributed by atoms with Gasteiger partial charge in [-0.2, -0.15) is 0 Å². The third-order valence-electron chi connectivity index (χ3n) is 7.45. The number of benzene rings is 2. The number of aliphatic hydroxyl groups excluding tert-OH is 1. The molecule has 0 spiro atoms. The Hall–Kier alpha value is -4.25. The molecular weight excluding hydrogens is 552 g/mol. The molecule has 5 atom stereocenters. The largest absolute Gasteiger partial charge is 0.445 e. The minimum Gasteiger partial charge on any atom is -0.445 e. The number of amides is 4. The van der Waals surface area contributed by atoms with Crippen molar-refractivity contribution >= 4 is 29.6 Å². The molecule has 1 fully saturated rings. The van der Waals surface area contributed by atoms with E-state index >= 15 is 0 Å². The zero-order valence-electron chi connectivity index (χ0n) is 25.1. The lowest BCUT2D eigenvalue weighted by atomic mass is 9.97. The maximum absolute atomic E-state index is 13.5. The topological polar surface area (TPSA) is 154 Å². The molecule has 2 aromatic rings. The second kappa shape index (κ2) is 15.8. The number of ketones is 1. The first kappa shape index (κ1) is 33.3. The summed E-state index contributed by atoms with van der Waals surface area (Å²) in [6.07, 6.45) is -1.09. The molecule has 232 valence electrons. The minimum absolute atomic E-state index is 0.0342. The van der Waals surface area contributed by atoms with Crippen molar-refractivity contribution in [2.45, 2.75) is 83.8 Å². The van der Waals surface area contributed by atoms with Gasteiger partial charge in [-0.05, 0) is 50.2 Å². The molecule has 1 heterocycles. The van der Waals surface area contributed by atoms with Crippen molar-refractivity contribution in [2.24, 2.45) is 5.92 Å². The fourth-order valence-electron chi connectivity index (χ4n) is 5.00. The highest BCUT2D eigenvalue weighted by Gasteiger charge is 2.39. The van der Waals surface area contributed by atoms with E-state index in [9.17, 15) is 29.1 Å². The van der Waals surface area contributed by atoms with Gasteiger partial charge in [-0.15, -0.1) is 0 Å². The van der Waals surface area contributed by atoms with Gasteiger partial charge < -0.3 is 30.7 Å². The molecule has 3 rings (SSSR count). The highest BCUT2D eigenvalue weighted by Crippen LogP contribution is 2.21. The monoisotopic (exact) mass is 594 g/mol. The number of likely N-dealkylation sites (tertiary alicyclic amines) is 1. The summed E-state index contributed by atoms with van der Waals surface area (Å²) >= 11 is 0. The first-order chi connectivity index (χ1) is 20.5. The van der Waals surface area contributed by atoms with Crippen LogP contribution in [0.15, 0.2) is 60.7 Å². The number of Topliss-reactive ketones (excluding diaryl/α,β-unsaturated/α-hetero) is 1. The summed E-state index contributed by atoms with van der Waals surface area (Å²) in [5, 5.41) is 19.1. The molecule has 1 saturated heterocycles. The second-order valence-corrected chi connectivity index (χ2v) is 11.2. The van der Waals surface area contributed by atoms with E-state index in [1.54, 1.807) is 26.0 Å². The lowest BCUT2D eigenvalue weighted by Gasteiger charge is -2.31. The Kier molecular flexibility index (Phi) is 12.2. The van der Waals surface area contributed by atoms with Crippen molar-refractivity contribution in [3.8, 4) is 0 Å². The Morgan fingerprint density at radius 1 is 0.884 bits per heavy atom. The lowest BCUT2D eigenvalue weighted by molar-refractivity contribution is -0.146. The van der Waals surface area contributed by atoms with E-state index in [0.29, 0.717) is 19.4 Å². The predicted octanol–water partition coefficient (Wildman–Crippen LogP) is 2.11. The molecule has 0 bridgehead atoms. The van der Waals surface area contributed by atoms with Crippen LogP contribution in [0.4, 0.5) is 4.79 Å². The Morgan fingerprint density at radius 2 is 1.49 bits per heavy atom. The van der Waals surface area contributed by atoms with Crippen LogP contribution in [0, 0.1) is 5.92 Å². The van der Waals surface area contributed by atoms with E-state index in [-0.39, 0.29) is 24.7 Å². The van der Waals surface area contributed by atoms with Crippen molar-refractivity contribution in [2.75, 3.05) is 6.54 Å². The van der Waals surface area contributed by atoms with E-state index < -0.39 is 54.1 Å². The number of alkyl carbamates (subject to hydrolysis) is 1. The molecule has 11 nitrogen and oxygen atoms in total. The maximum Gasteiger partial charge on any atom is 0.408 e. The molecule has 1 aliphatic rings. The van der Waals surface area contributed by atoms with Crippen LogP contribution in [-0.2, 0) is 36.9 Å². The number of nitrogens with one attached hydrogen (secondary N) is 3. The van der Waals surface area contributed by atoms with E-state index in [1.165, 1.54) is 18.7 Å². The van der Waals surface area contributed by atoms with Crippen LogP contribution in [0.1, 0.15) is 51.7 Å². The van der Waals surface area contributed by atoms with Gasteiger partial charge in [-0.3, -0.25) is 19.2 Å². The summed E-state index contributed by atoms with van der Waals surface area (Å²) in [7, 11) is 0. The summed E-state index contributed by atoms with van der Waals surface area (Å²) in [5.74, 6) is -2.36. The maximum atomic E-state index is 13.5. The first-order valence-corrected chi connectivity index (χ1v) is 14.6. The van der Waals surface area contributed by atoms with Crippen LogP contribution >= 0.6 is 0 Å². The SMILES string of the molecule is CC(=O)[C@@H]1CCCN1C(=O)[C@H](O)[C@H](Cc1ccccc1)NC(=O)[C@H](NC(=O)[C@@H](C)NC(=O)OCc1ccccc1)C(C)C. The Labute approximate surface area is 252 Å². The van der Waals surface area contributed by atoms with Gasteiger partial charge >= 0.3 is 6.09 Å². The highest BCUT2D eigenvalue weighted by molar-refractivity contribution is 5.93. The summed E-state index contributed by atoms with van der Waals surface area (Å²) in [4.78, 5) is 65.5. The predicted molar refractivity (Wildman–Crippen MR) is 159 cm³/mol. The molecule has 0 saturated carbocycles. The fourth-order valence-corrected chi connectivity index (χ4v) is 5.00. The van der Waals surface area contributed by atoms with Gasteiger partial charge in [0, 0.05) is 6.54 Å². The molecule has 2 aromatic carbocycles. The van der Waals surface area contributed by atoms with Crippen molar-refractivity contribution in [1.29, 1.82) is 0 Å². The molecule has 11 heteroatoms. The van der Waals surface area contributed by atoms with E-state index in [2.05, 4.69) is 16.0 Å². The fraction of sp³-hybridized carbons (Fsp3) is 0.469. The molecular formula is C32H42N4O7. The van der Waals surface area contributed by atoms with Gasteiger partial charge in [0.25, 0.3) is 5.91 Å². The van der Waals surface area contributed by atoms with Gasteiger partial charge in [0.05, 0.1) is 12.1 Å². The molecule has 4 N–H and O–H groups in total. The quantitative estimate of drug-likeness (QED) is 0.277. The lowest BCUT2D eigenvalue weighted by Crippen LogP contribution is -2.59. The van der Waals surface area contributed by atoms with Crippen molar-refractivity contribution in [3.63, 3.8) is 0 Å². The normalized spacial score (nSPS) is 17.3. The summed E-state index contributed by atoms with van der Waals surface area (Å²) in [5.41, 5.74) is 1.57. The Bertz CT molecular complexity index is 1250. The standard InChI is InChI=1S/C32H42N4O7/c1-20(2)27(35-29(39)21(3)33-32(42)43-19-24-14-9-6-10-15-24)30(40)34-25(18-23-12-7-5-8-13-23)28(38)31(41)36-17-11-16-26(36)22(4)37/h5-10,12-15,20-21,25-28,38H,11,16-19H2,1-4H3,(H,33,42)(H,34,40)(H,35,39)/t21-,25+,26+,27-,28-/m1/s1. The average Bonchev–Trinajstić information content (AvgIpc) is 3.49. The Morgan fingerprint density at radius 3 is 2.07 bits per heavy atom. The molecule has 0 aliphatic carbocycles. The smallest absolute Gasteiger partial charge is 0.408 e. The van der Waals surface area contributed by atoms with E-state index in [4.69, 9.17) is 4.74 Å². The van der Waals surface area contributed by atoms with Crippen LogP contribution in [0.25, 0.3) is 0 Å². The van der Waals surface area contributed by atoms with Crippen molar-refractivity contribution in [1.82, 2.24) is 20.9 Å². The van der Waals surface area contributed by atoms with Crippen molar-refractivity contribution < 1.29 is 33.8 Å². The number of hydrogen-bond acceptors (Lipinski definition) is 7. The number of carbonyl (C=O) groups excluding carboxylic acids is 5. The number of ether oxygens (including phenoxy) is 1. The Balaban J connectivity index is 1.67.